The molecule has 9 heteroatoms. The van der Waals surface area contributed by atoms with Crippen LogP contribution in [0.4, 0.5) is 5.69 Å². The van der Waals surface area contributed by atoms with Crippen molar-refractivity contribution in [3.05, 3.63) is 51.2 Å². The van der Waals surface area contributed by atoms with E-state index < -0.39 is 6.10 Å². The molecule has 0 aliphatic heterocycles. The number of carbonyl (C=O) groups excluding carboxylic acids is 1. The quantitative estimate of drug-likeness (QED) is 0.235. The number of nitrogens with zero attached hydrogens (tertiary/aromatic N) is 1. The summed E-state index contributed by atoms with van der Waals surface area (Å²) in [6.45, 7) is 4.89. The number of benzene rings is 1. The summed E-state index contributed by atoms with van der Waals surface area (Å²) in [7, 11) is 0. The van der Waals surface area contributed by atoms with E-state index in [0.717, 1.165) is 22.5 Å². The topological polar surface area (TPSA) is 85.8 Å². The van der Waals surface area contributed by atoms with Crippen LogP contribution in [0.1, 0.15) is 30.4 Å². The van der Waals surface area contributed by atoms with Crippen molar-refractivity contribution < 1.29 is 9.90 Å². The zero-order valence-corrected chi connectivity index (χ0v) is 19.8. The van der Waals surface area contributed by atoms with Gasteiger partial charge in [-0.1, -0.05) is 30.7 Å². The zero-order chi connectivity index (χ0) is 19.6. The van der Waals surface area contributed by atoms with E-state index in [-0.39, 0.29) is 43.0 Å². The number of aryl methyl sites for hydroxylation is 1. The molecule has 1 atom stereocenters. The Bertz CT molecular complexity index is 785. The Hall–Kier alpha value is -1.36. The second-order valence-electron chi connectivity index (χ2n) is 5.84. The largest absolute Gasteiger partial charge is 0.386 e. The molecule has 28 heavy (non-hydrogen) atoms. The number of amides is 1. The predicted octanol–water partition coefficient (Wildman–Crippen LogP) is 3.81. The number of halogens is 2. The predicted molar refractivity (Wildman–Crippen MR) is 128 cm³/mol. The van der Waals surface area contributed by atoms with Crippen LogP contribution < -0.4 is 16.0 Å². The van der Waals surface area contributed by atoms with Gasteiger partial charge in [-0.15, -0.1) is 35.3 Å². The maximum Gasteiger partial charge on any atom is 0.246 e. The Morgan fingerprint density at radius 3 is 2.68 bits per heavy atom. The van der Waals surface area contributed by atoms with Gasteiger partial charge in [-0.2, -0.15) is 0 Å². The van der Waals surface area contributed by atoms with Gasteiger partial charge in [0.25, 0.3) is 0 Å². The third-order valence-corrected chi connectivity index (χ3v) is 5.06. The third-order valence-electron chi connectivity index (χ3n) is 3.73. The number of anilines is 1. The van der Waals surface area contributed by atoms with Crippen LogP contribution in [0.15, 0.2) is 41.4 Å². The van der Waals surface area contributed by atoms with Crippen molar-refractivity contribution in [3.63, 3.8) is 0 Å². The molecule has 1 aromatic heterocycles. The van der Waals surface area contributed by atoms with Crippen molar-refractivity contribution >= 4 is 64.5 Å². The van der Waals surface area contributed by atoms with Gasteiger partial charge in [0.1, 0.15) is 12.6 Å². The fraction of sp³-hybridized carbons (Fsp3) is 0.368. The van der Waals surface area contributed by atoms with Crippen LogP contribution in [0.2, 0.25) is 4.34 Å². The molecule has 1 heterocycles. The minimum atomic E-state index is -0.697. The van der Waals surface area contributed by atoms with Crippen LogP contribution in [-0.4, -0.2) is 36.6 Å². The zero-order valence-electron chi connectivity index (χ0n) is 15.9. The number of rotatable bonds is 8. The normalized spacial score (nSPS) is 12.1. The number of aliphatic imine (C=N–C) groups is 1. The lowest BCUT2D eigenvalue weighted by molar-refractivity contribution is -0.114. The van der Waals surface area contributed by atoms with Gasteiger partial charge in [0, 0.05) is 23.7 Å². The van der Waals surface area contributed by atoms with Crippen LogP contribution in [0, 0.1) is 0 Å². The van der Waals surface area contributed by atoms with Crippen molar-refractivity contribution in [1.29, 1.82) is 0 Å². The molecule has 0 aliphatic rings. The van der Waals surface area contributed by atoms with E-state index in [1.54, 1.807) is 12.1 Å². The second-order valence-corrected chi connectivity index (χ2v) is 7.58. The molecule has 0 radical (unpaired) electrons. The number of thiophene rings is 1. The summed E-state index contributed by atoms with van der Waals surface area (Å²) in [5, 5.41) is 19.1. The van der Waals surface area contributed by atoms with Gasteiger partial charge in [-0.05, 0) is 43.2 Å². The first-order valence-electron chi connectivity index (χ1n) is 8.86. The lowest BCUT2D eigenvalue weighted by atomic mass is 10.1. The summed E-state index contributed by atoms with van der Waals surface area (Å²) < 4.78 is 0.633. The molecule has 4 N–H and O–H groups in total. The standard InChI is InChI=1S/C19H25ClN4O2S.HI/c1-3-13-6-5-7-14(10-13)24-18(26)12-23-19(21-4-2)22-11-15(25)16-8-9-17(20)27-16;/h5-10,15,25H,3-4,11-12H2,1-2H3,(H,24,26)(H2,21,22,23);1H. The lowest BCUT2D eigenvalue weighted by Gasteiger charge is -2.14. The Balaban J connectivity index is 0.00000392. The van der Waals surface area contributed by atoms with Gasteiger partial charge in [-0.25, -0.2) is 4.99 Å². The molecule has 0 aliphatic carbocycles. The first-order chi connectivity index (χ1) is 13.0. The summed E-state index contributed by atoms with van der Waals surface area (Å²) >= 11 is 7.23. The van der Waals surface area contributed by atoms with Gasteiger partial charge in [-0.3, -0.25) is 4.79 Å². The van der Waals surface area contributed by atoms with E-state index in [9.17, 15) is 9.90 Å². The number of aliphatic hydroxyl groups is 1. The molecular weight excluding hydrogens is 511 g/mol. The molecular formula is C19H26ClIN4O2S. The van der Waals surface area contributed by atoms with Crippen molar-refractivity contribution in [3.8, 4) is 0 Å². The summed E-state index contributed by atoms with van der Waals surface area (Å²) in [6.07, 6.45) is 0.214. The monoisotopic (exact) mass is 536 g/mol. The Labute approximate surface area is 191 Å². The first-order valence-corrected chi connectivity index (χ1v) is 10.1. The van der Waals surface area contributed by atoms with Crippen molar-refractivity contribution in [2.75, 3.05) is 25.0 Å². The van der Waals surface area contributed by atoms with Gasteiger partial charge in [0.2, 0.25) is 5.91 Å². The Morgan fingerprint density at radius 2 is 2.04 bits per heavy atom. The second kappa shape index (κ2) is 13.0. The van der Waals surface area contributed by atoms with E-state index in [0.29, 0.717) is 16.8 Å². The smallest absolute Gasteiger partial charge is 0.246 e. The fourth-order valence-electron chi connectivity index (χ4n) is 2.36. The van der Waals surface area contributed by atoms with Crippen molar-refractivity contribution in [2.24, 2.45) is 4.99 Å². The van der Waals surface area contributed by atoms with Crippen LogP contribution in [0.25, 0.3) is 0 Å². The van der Waals surface area contributed by atoms with E-state index >= 15 is 0 Å². The summed E-state index contributed by atoms with van der Waals surface area (Å²) in [5.74, 6) is 0.266. The van der Waals surface area contributed by atoms with E-state index in [1.807, 2.05) is 31.2 Å². The van der Waals surface area contributed by atoms with E-state index in [1.165, 1.54) is 11.3 Å². The van der Waals surface area contributed by atoms with E-state index in [4.69, 9.17) is 11.6 Å². The highest BCUT2D eigenvalue weighted by Gasteiger charge is 2.11. The first kappa shape index (κ1) is 24.7. The highest BCUT2D eigenvalue weighted by Crippen LogP contribution is 2.26. The molecule has 0 saturated carbocycles. The molecule has 0 spiro atoms. The number of guanidine groups is 1. The molecule has 6 nitrogen and oxygen atoms in total. The number of aliphatic hydroxyl groups excluding tert-OH is 1. The number of hydrogen-bond donors (Lipinski definition) is 4. The average molecular weight is 537 g/mol. The molecule has 1 unspecified atom stereocenters. The minimum absolute atomic E-state index is 0. The number of nitrogens with one attached hydrogen (secondary N) is 3. The Morgan fingerprint density at radius 1 is 1.25 bits per heavy atom. The van der Waals surface area contributed by atoms with Crippen LogP contribution >= 0.6 is 46.9 Å². The van der Waals surface area contributed by atoms with Gasteiger partial charge < -0.3 is 21.1 Å². The maximum atomic E-state index is 12.1. The number of carbonyl (C=O) groups is 1. The summed E-state index contributed by atoms with van der Waals surface area (Å²) in [6, 6.07) is 11.3. The third kappa shape index (κ3) is 8.34. The SMILES string of the molecule is CCNC(=NCC(=O)Nc1cccc(CC)c1)NCC(O)c1ccc(Cl)s1.I. The summed E-state index contributed by atoms with van der Waals surface area (Å²) in [4.78, 5) is 17.2. The summed E-state index contributed by atoms with van der Waals surface area (Å²) in [5.41, 5.74) is 1.92. The molecule has 154 valence electrons. The van der Waals surface area contributed by atoms with Gasteiger partial charge in [0.15, 0.2) is 5.96 Å². The molecule has 0 bridgehead atoms. The molecule has 2 aromatic rings. The van der Waals surface area contributed by atoms with Crippen LogP contribution in [0.3, 0.4) is 0 Å². The number of hydrogen-bond acceptors (Lipinski definition) is 4. The van der Waals surface area contributed by atoms with Gasteiger partial charge >= 0.3 is 0 Å². The fourth-order valence-corrected chi connectivity index (χ4v) is 3.41. The van der Waals surface area contributed by atoms with Crippen LogP contribution in [-0.2, 0) is 11.2 Å². The highest BCUT2D eigenvalue weighted by atomic mass is 127. The Kier molecular flexibility index (Phi) is 11.4. The van der Waals surface area contributed by atoms with E-state index in [2.05, 4.69) is 27.9 Å². The molecule has 0 fully saturated rings. The lowest BCUT2D eigenvalue weighted by Crippen LogP contribution is -2.40. The minimum Gasteiger partial charge on any atom is -0.386 e. The molecule has 1 aromatic carbocycles. The van der Waals surface area contributed by atoms with Crippen LogP contribution in [0.5, 0.6) is 0 Å². The van der Waals surface area contributed by atoms with Gasteiger partial charge in [0.05, 0.1) is 4.34 Å². The molecule has 2 rings (SSSR count). The average Bonchev–Trinajstić information content (AvgIpc) is 3.10. The maximum absolute atomic E-state index is 12.1. The highest BCUT2D eigenvalue weighted by molar-refractivity contribution is 14.0. The molecule has 1 amide bonds. The van der Waals surface area contributed by atoms with Crippen molar-refractivity contribution in [1.82, 2.24) is 10.6 Å². The van der Waals surface area contributed by atoms with Crippen molar-refractivity contribution in [2.45, 2.75) is 26.4 Å². The molecule has 0 saturated heterocycles.